The molecule has 1 N–H and O–H groups in total. The molecule has 0 saturated carbocycles. The molecule has 0 aromatic carbocycles. The molecule has 0 fully saturated rings. The van der Waals surface area contributed by atoms with Crippen molar-refractivity contribution in [3.63, 3.8) is 0 Å². The SMILES string of the molecule is CCNc1nnc(C(=O)N(CC)c2ccncc2)s1. The zero-order valence-corrected chi connectivity index (χ0v) is 11.6. The van der Waals surface area contributed by atoms with Crippen molar-refractivity contribution >= 4 is 28.1 Å². The molecule has 100 valence electrons. The third-order valence-corrected chi connectivity index (χ3v) is 3.34. The Hall–Kier alpha value is -2.02. The minimum absolute atomic E-state index is 0.143. The fraction of sp³-hybridized carbons (Fsp3) is 0.333. The number of hydrogen-bond donors (Lipinski definition) is 1. The molecule has 0 aliphatic heterocycles. The predicted molar refractivity (Wildman–Crippen MR) is 75.7 cm³/mol. The maximum atomic E-state index is 12.4. The largest absolute Gasteiger partial charge is 0.360 e. The minimum Gasteiger partial charge on any atom is -0.360 e. The molecule has 2 aromatic heterocycles. The van der Waals surface area contributed by atoms with Crippen LogP contribution in [0.1, 0.15) is 23.6 Å². The van der Waals surface area contributed by atoms with Crippen LogP contribution in [0.2, 0.25) is 0 Å². The van der Waals surface area contributed by atoms with Gasteiger partial charge in [-0.3, -0.25) is 9.78 Å². The van der Waals surface area contributed by atoms with Crippen LogP contribution in [0.15, 0.2) is 24.5 Å². The monoisotopic (exact) mass is 277 g/mol. The molecule has 0 saturated heterocycles. The van der Waals surface area contributed by atoms with E-state index in [4.69, 9.17) is 0 Å². The van der Waals surface area contributed by atoms with Gasteiger partial charge in [-0.2, -0.15) is 0 Å². The van der Waals surface area contributed by atoms with Gasteiger partial charge in [-0.25, -0.2) is 0 Å². The van der Waals surface area contributed by atoms with Crippen molar-refractivity contribution in [2.45, 2.75) is 13.8 Å². The summed E-state index contributed by atoms with van der Waals surface area (Å²) in [5.74, 6) is -0.143. The van der Waals surface area contributed by atoms with E-state index >= 15 is 0 Å². The first-order valence-corrected chi connectivity index (χ1v) is 6.87. The molecule has 2 rings (SSSR count). The van der Waals surface area contributed by atoms with Gasteiger partial charge in [-0.05, 0) is 26.0 Å². The zero-order valence-electron chi connectivity index (χ0n) is 10.8. The first kappa shape index (κ1) is 13.4. The molecule has 19 heavy (non-hydrogen) atoms. The van der Waals surface area contributed by atoms with Crippen LogP contribution in [0, 0.1) is 0 Å². The van der Waals surface area contributed by atoms with Gasteiger partial charge in [0.25, 0.3) is 5.91 Å². The summed E-state index contributed by atoms with van der Waals surface area (Å²) in [5.41, 5.74) is 0.808. The van der Waals surface area contributed by atoms with Crippen LogP contribution in [0.25, 0.3) is 0 Å². The Kier molecular flexibility index (Phi) is 4.40. The third kappa shape index (κ3) is 3.05. The molecule has 2 heterocycles. The summed E-state index contributed by atoms with van der Waals surface area (Å²) < 4.78 is 0. The van der Waals surface area contributed by atoms with E-state index < -0.39 is 0 Å². The Morgan fingerprint density at radius 3 is 2.68 bits per heavy atom. The van der Waals surface area contributed by atoms with Crippen LogP contribution in [0.4, 0.5) is 10.8 Å². The van der Waals surface area contributed by atoms with Gasteiger partial charge in [0.05, 0.1) is 0 Å². The lowest BCUT2D eigenvalue weighted by Crippen LogP contribution is -2.30. The first-order chi connectivity index (χ1) is 9.26. The average Bonchev–Trinajstić information content (AvgIpc) is 2.90. The van der Waals surface area contributed by atoms with Crippen LogP contribution in [-0.2, 0) is 0 Å². The van der Waals surface area contributed by atoms with E-state index in [2.05, 4.69) is 20.5 Å². The molecular weight excluding hydrogens is 262 g/mol. The van der Waals surface area contributed by atoms with Gasteiger partial charge in [-0.1, -0.05) is 11.3 Å². The molecule has 0 aliphatic rings. The lowest BCUT2D eigenvalue weighted by molar-refractivity contribution is 0.0987. The van der Waals surface area contributed by atoms with Crippen molar-refractivity contribution in [1.29, 1.82) is 0 Å². The molecule has 6 nitrogen and oxygen atoms in total. The molecule has 0 radical (unpaired) electrons. The summed E-state index contributed by atoms with van der Waals surface area (Å²) in [7, 11) is 0. The first-order valence-electron chi connectivity index (χ1n) is 6.05. The van der Waals surface area contributed by atoms with Crippen molar-refractivity contribution in [3.05, 3.63) is 29.5 Å². The van der Waals surface area contributed by atoms with Crippen LogP contribution in [0.5, 0.6) is 0 Å². The average molecular weight is 277 g/mol. The van der Waals surface area contributed by atoms with Crippen molar-refractivity contribution in [2.24, 2.45) is 0 Å². The summed E-state index contributed by atoms with van der Waals surface area (Å²) in [5, 5.41) is 12.0. The number of carbonyl (C=O) groups excluding carboxylic acids is 1. The molecule has 0 atom stereocenters. The number of rotatable bonds is 5. The summed E-state index contributed by atoms with van der Waals surface area (Å²) >= 11 is 1.26. The van der Waals surface area contributed by atoms with Crippen LogP contribution in [0.3, 0.4) is 0 Å². The number of amides is 1. The molecule has 0 aliphatic carbocycles. The van der Waals surface area contributed by atoms with E-state index in [0.29, 0.717) is 16.7 Å². The van der Waals surface area contributed by atoms with Crippen LogP contribution < -0.4 is 10.2 Å². The standard InChI is InChI=1S/C12H15N5OS/c1-3-14-12-16-15-10(19-12)11(18)17(4-2)9-5-7-13-8-6-9/h5-8H,3-4H2,1-2H3,(H,14,16). The molecule has 0 spiro atoms. The van der Waals surface area contributed by atoms with Crippen molar-refractivity contribution in [2.75, 3.05) is 23.3 Å². The second kappa shape index (κ2) is 6.24. The Bertz CT molecular complexity index is 542. The predicted octanol–water partition coefficient (Wildman–Crippen LogP) is 2.03. The molecular formula is C12H15N5OS. The molecule has 2 aromatic rings. The lowest BCUT2D eigenvalue weighted by atomic mass is 10.3. The maximum absolute atomic E-state index is 12.4. The van der Waals surface area contributed by atoms with Gasteiger partial charge < -0.3 is 10.2 Å². The summed E-state index contributed by atoms with van der Waals surface area (Å²) in [6, 6.07) is 3.60. The Morgan fingerprint density at radius 1 is 1.32 bits per heavy atom. The van der Waals surface area contributed by atoms with E-state index in [9.17, 15) is 4.79 Å². The van der Waals surface area contributed by atoms with E-state index in [-0.39, 0.29) is 5.91 Å². The lowest BCUT2D eigenvalue weighted by Gasteiger charge is -2.18. The van der Waals surface area contributed by atoms with Gasteiger partial charge in [0.1, 0.15) is 0 Å². The van der Waals surface area contributed by atoms with E-state index in [1.807, 2.05) is 13.8 Å². The van der Waals surface area contributed by atoms with Crippen molar-refractivity contribution in [1.82, 2.24) is 15.2 Å². The van der Waals surface area contributed by atoms with Crippen LogP contribution >= 0.6 is 11.3 Å². The van der Waals surface area contributed by atoms with Crippen molar-refractivity contribution in [3.8, 4) is 0 Å². The van der Waals surface area contributed by atoms with Gasteiger partial charge in [0, 0.05) is 31.2 Å². The fourth-order valence-electron chi connectivity index (χ4n) is 1.62. The Morgan fingerprint density at radius 2 is 2.05 bits per heavy atom. The number of pyridine rings is 1. The Labute approximate surface area is 115 Å². The van der Waals surface area contributed by atoms with Crippen LogP contribution in [-0.4, -0.2) is 34.2 Å². The summed E-state index contributed by atoms with van der Waals surface area (Å²) in [4.78, 5) is 18.0. The van der Waals surface area contributed by atoms with Crippen molar-refractivity contribution < 1.29 is 4.79 Å². The fourth-order valence-corrected chi connectivity index (χ4v) is 2.38. The molecule has 1 amide bonds. The van der Waals surface area contributed by atoms with Gasteiger partial charge >= 0.3 is 0 Å². The smallest absolute Gasteiger partial charge is 0.289 e. The second-order valence-electron chi connectivity index (χ2n) is 3.70. The number of nitrogens with one attached hydrogen (secondary N) is 1. The highest BCUT2D eigenvalue weighted by Gasteiger charge is 2.20. The number of anilines is 2. The highest BCUT2D eigenvalue weighted by molar-refractivity contribution is 7.17. The normalized spacial score (nSPS) is 10.2. The van der Waals surface area contributed by atoms with E-state index in [1.54, 1.807) is 29.4 Å². The second-order valence-corrected chi connectivity index (χ2v) is 4.68. The number of hydrogen-bond acceptors (Lipinski definition) is 6. The maximum Gasteiger partial charge on any atom is 0.289 e. The van der Waals surface area contributed by atoms with Gasteiger partial charge in [0.15, 0.2) is 0 Å². The minimum atomic E-state index is -0.143. The highest BCUT2D eigenvalue weighted by Crippen LogP contribution is 2.20. The summed E-state index contributed by atoms with van der Waals surface area (Å²) in [6.07, 6.45) is 3.32. The molecule has 0 unspecified atom stereocenters. The Balaban J connectivity index is 2.20. The van der Waals surface area contributed by atoms with E-state index in [0.717, 1.165) is 12.2 Å². The zero-order chi connectivity index (χ0) is 13.7. The number of nitrogens with zero attached hydrogens (tertiary/aromatic N) is 4. The number of carbonyl (C=O) groups is 1. The number of aromatic nitrogens is 3. The summed E-state index contributed by atoms with van der Waals surface area (Å²) in [6.45, 7) is 5.21. The molecule has 0 bridgehead atoms. The molecule has 7 heteroatoms. The third-order valence-electron chi connectivity index (χ3n) is 2.47. The quantitative estimate of drug-likeness (QED) is 0.905. The topological polar surface area (TPSA) is 71.0 Å². The van der Waals surface area contributed by atoms with Gasteiger partial charge in [0.2, 0.25) is 10.1 Å². The van der Waals surface area contributed by atoms with Gasteiger partial charge in [-0.15, -0.1) is 10.2 Å². The highest BCUT2D eigenvalue weighted by atomic mass is 32.1. The van der Waals surface area contributed by atoms with E-state index in [1.165, 1.54) is 11.3 Å².